The molecule has 6 nitrogen and oxygen atoms in total. The van der Waals surface area contributed by atoms with E-state index in [4.69, 9.17) is 5.26 Å². The Kier molecular flexibility index (Phi) is 5.06. The second-order valence-electron chi connectivity index (χ2n) is 3.24. The predicted octanol–water partition coefficient (Wildman–Crippen LogP) is 0.837. The molecule has 0 unspecified atom stereocenters. The Morgan fingerprint density at radius 2 is 2.11 bits per heavy atom. The molecule has 1 aromatic carbocycles. The van der Waals surface area contributed by atoms with Crippen molar-refractivity contribution in [3.05, 3.63) is 35.4 Å². The smallest absolute Gasteiger partial charge is 0.337 e. The van der Waals surface area contributed by atoms with Crippen LogP contribution in [-0.4, -0.2) is 25.2 Å². The third-order valence-corrected chi connectivity index (χ3v) is 1.97. The number of nitrogens with zero attached hydrogens (tertiary/aromatic N) is 2. The molecular weight excluding hydrogens is 234 g/mol. The van der Waals surface area contributed by atoms with Gasteiger partial charge in [-0.15, -0.1) is 0 Å². The van der Waals surface area contributed by atoms with Crippen molar-refractivity contribution in [1.82, 2.24) is 5.43 Å². The molecule has 0 saturated carbocycles. The molecule has 1 rings (SSSR count). The highest BCUT2D eigenvalue weighted by Crippen LogP contribution is 2.03. The first kappa shape index (κ1) is 13.4. The maximum absolute atomic E-state index is 11.2. The van der Waals surface area contributed by atoms with Gasteiger partial charge in [-0.1, -0.05) is 12.1 Å². The molecule has 0 atom stereocenters. The standard InChI is InChI=1S/C12H11N3O3/c1-18-12(17)10-4-2-9(3-5-10)8-14-15-11(16)6-7-13/h2-5,8H,6H2,1H3,(H,15,16). The molecule has 6 heteroatoms. The summed E-state index contributed by atoms with van der Waals surface area (Å²) < 4.78 is 4.56. The van der Waals surface area contributed by atoms with Crippen LogP contribution in [0.15, 0.2) is 29.4 Å². The first-order valence-electron chi connectivity index (χ1n) is 5.04. The fourth-order valence-electron chi connectivity index (χ4n) is 1.11. The van der Waals surface area contributed by atoms with Gasteiger partial charge in [0.05, 0.1) is 25.0 Å². The number of hydrogen-bond donors (Lipinski definition) is 1. The number of esters is 1. The topological polar surface area (TPSA) is 91.5 Å². The number of benzene rings is 1. The Balaban J connectivity index is 2.59. The van der Waals surface area contributed by atoms with Gasteiger partial charge in [0.25, 0.3) is 5.91 Å². The van der Waals surface area contributed by atoms with Crippen molar-refractivity contribution in [2.75, 3.05) is 7.11 Å². The molecule has 0 aromatic heterocycles. The lowest BCUT2D eigenvalue weighted by atomic mass is 10.1. The maximum Gasteiger partial charge on any atom is 0.337 e. The van der Waals surface area contributed by atoms with Gasteiger partial charge in [0.1, 0.15) is 6.42 Å². The molecule has 0 saturated heterocycles. The Bertz CT molecular complexity index is 500. The summed E-state index contributed by atoms with van der Waals surface area (Å²) >= 11 is 0. The fraction of sp³-hybridized carbons (Fsp3) is 0.167. The zero-order chi connectivity index (χ0) is 13.4. The summed E-state index contributed by atoms with van der Waals surface area (Å²) in [6.07, 6.45) is 1.18. The SMILES string of the molecule is COC(=O)c1ccc(C=NNC(=O)CC#N)cc1. The predicted molar refractivity (Wildman–Crippen MR) is 63.7 cm³/mol. The summed E-state index contributed by atoms with van der Waals surface area (Å²) in [4.78, 5) is 22.1. The molecule has 0 fully saturated rings. The van der Waals surface area contributed by atoms with E-state index in [0.29, 0.717) is 11.1 Å². The van der Waals surface area contributed by atoms with E-state index in [-0.39, 0.29) is 6.42 Å². The monoisotopic (exact) mass is 245 g/mol. The lowest BCUT2D eigenvalue weighted by molar-refractivity contribution is -0.120. The number of carbonyl (C=O) groups is 2. The second kappa shape index (κ2) is 6.81. The van der Waals surface area contributed by atoms with E-state index < -0.39 is 11.9 Å². The van der Waals surface area contributed by atoms with Gasteiger partial charge in [0.15, 0.2) is 0 Å². The third kappa shape index (κ3) is 4.06. The first-order valence-corrected chi connectivity index (χ1v) is 5.04. The summed E-state index contributed by atoms with van der Waals surface area (Å²) in [6, 6.07) is 8.20. The first-order chi connectivity index (χ1) is 8.67. The highest BCUT2D eigenvalue weighted by molar-refractivity contribution is 5.90. The number of methoxy groups -OCH3 is 1. The van der Waals surface area contributed by atoms with Gasteiger partial charge in [0.2, 0.25) is 0 Å². The van der Waals surface area contributed by atoms with Crippen molar-refractivity contribution in [2.24, 2.45) is 5.10 Å². The van der Waals surface area contributed by atoms with Crippen molar-refractivity contribution in [3.8, 4) is 6.07 Å². The van der Waals surface area contributed by atoms with E-state index in [2.05, 4.69) is 15.3 Å². The zero-order valence-corrected chi connectivity index (χ0v) is 9.71. The van der Waals surface area contributed by atoms with E-state index in [1.807, 2.05) is 0 Å². The van der Waals surface area contributed by atoms with Crippen LogP contribution in [0.1, 0.15) is 22.3 Å². The molecule has 0 aliphatic heterocycles. The number of ether oxygens (including phenoxy) is 1. The highest BCUT2D eigenvalue weighted by atomic mass is 16.5. The van der Waals surface area contributed by atoms with Crippen molar-refractivity contribution in [1.29, 1.82) is 5.26 Å². The van der Waals surface area contributed by atoms with Gasteiger partial charge in [0, 0.05) is 0 Å². The molecule has 1 N–H and O–H groups in total. The molecule has 0 radical (unpaired) electrons. The minimum absolute atomic E-state index is 0.237. The van der Waals surface area contributed by atoms with E-state index in [9.17, 15) is 9.59 Å². The molecule has 0 heterocycles. The van der Waals surface area contributed by atoms with E-state index >= 15 is 0 Å². The molecule has 18 heavy (non-hydrogen) atoms. The van der Waals surface area contributed by atoms with Crippen LogP contribution in [0.25, 0.3) is 0 Å². The van der Waals surface area contributed by atoms with Gasteiger partial charge < -0.3 is 4.74 Å². The van der Waals surface area contributed by atoms with Crippen LogP contribution in [0, 0.1) is 11.3 Å². The quantitative estimate of drug-likeness (QED) is 0.483. The highest BCUT2D eigenvalue weighted by Gasteiger charge is 2.03. The van der Waals surface area contributed by atoms with Crippen LogP contribution in [0.3, 0.4) is 0 Å². The van der Waals surface area contributed by atoms with Crippen LogP contribution in [0.5, 0.6) is 0 Å². The van der Waals surface area contributed by atoms with Crippen molar-refractivity contribution in [3.63, 3.8) is 0 Å². The van der Waals surface area contributed by atoms with Gasteiger partial charge in [-0.05, 0) is 17.7 Å². The maximum atomic E-state index is 11.2. The summed E-state index contributed by atoms with van der Waals surface area (Å²) in [5.74, 6) is -0.888. The lowest BCUT2D eigenvalue weighted by Crippen LogP contribution is -2.16. The van der Waals surface area contributed by atoms with Crippen LogP contribution in [0.2, 0.25) is 0 Å². The summed E-state index contributed by atoms with van der Waals surface area (Å²) in [5.41, 5.74) is 3.34. The normalized spacial score (nSPS) is 9.78. The van der Waals surface area contributed by atoms with Crippen LogP contribution < -0.4 is 5.43 Å². The number of hydrogen-bond acceptors (Lipinski definition) is 5. The average molecular weight is 245 g/mol. The van der Waals surface area contributed by atoms with Gasteiger partial charge in [-0.25, -0.2) is 10.2 Å². The Morgan fingerprint density at radius 3 is 2.67 bits per heavy atom. The molecule has 0 aliphatic rings. The number of rotatable bonds is 4. The number of hydrazone groups is 1. The molecular formula is C12H11N3O3. The van der Waals surface area contributed by atoms with E-state index in [1.54, 1.807) is 30.3 Å². The van der Waals surface area contributed by atoms with Crippen LogP contribution in [-0.2, 0) is 9.53 Å². The Labute approximate surface area is 104 Å². The molecule has 1 amide bonds. The number of carbonyl (C=O) groups excluding carboxylic acids is 2. The van der Waals surface area contributed by atoms with Crippen LogP contribution in [0.4, 0.5) is 0 Å². The minimum atomic E-state index is -0.472. The third-order valence-electron chi connectivity index (χ3n) is 1.97. The lowest BCUT2D eigenvalue weighted by Gasteiger charge is -1.99. The molecule has 92 valence electrons. The average Bonchev–Trinajstić information content (AvgIpc) is 2.39. The van der Waals surface area contributed by atoms with E-state index in [1.165, 1.54) is 13.3 Å². The molecule has 0 aliphatic carbocycles. The zero-order valence-electron chi connectivity index (χ0n) is 9.71. The van der Waals surface area contributed by atoms with Crippen molar-refractivity contribution >= 4 is 18.1 Å². The summed E-state index contributed by atoms with van der Waals surface area (Å²) in [5, 5.41) is 11.9. The Morgan fingerprint density at radius 1 is 1.44 bits per heavy atom. The summed E-state index contributed by atoms with van der Waals surface area (Å²) in [7, 11) is 1.31. The fourth-order valence-corrected chi connectivity index (χ4v) is 1.11. The van der Waals surface area contributed by atoms with Crippen LogP contribution >= 0.6 is 0 Å². The van der Waals surface area contributed by atoms with Crippen molar-refractivity contribution in [2.45, 2.75) is 6.42 Å². The second-order valence-corrected chi connectivity index (χ2v) is 3.24. The number of nitriles is 1. The summed E-state index contributed by atoms with van der Waals surface area (Å²) in [6.45, 7) is 0. The number of nitrogens with one attached hydrogen (secondary N) is 1. The van der Waals surface area contributed by atoms with Gasteiger partial charge >= 0.3 is 5.97 Å². The molecule has 1 aromatic rings. The van der Waals surface area contributed by atoms with Gasteiger partial charge in [-0.3, -0.25) is 4.79 Å². The van der Waals surface area contributed by atoms with Crippen molar-refractivity contribution < 1.29 is 14.3 Å². The minimum Gasteiger partial charge on any atom is -0.465 e. The molecule has 0 bridgehead atoms. The number of amides is 1. The van der Waals surface area contributed by atoms with Gasteiger partial charge in [-0.2, -0.15) is 10.4 Å². The largest absolute Gasteiger partial charge is 0.465 e. The van der Waals surface area contributed by atoms with E-state index in [0.717, 1.165) is 0 Å². The molecule has 0 spiro atoms. The Hall–Kier alpha value is -2.68.